The van der Waals surface area contributed by atoms with Gasteiger partial charge in [-0.25, -0.2) is 13.2 Å². The van der Waals surface area contributed by atoms with E-state index in [-0.39, 0.29) is 31.5 Å². The molecule has 2 N–H and O–H groups in total. The van der Waals surface area contributed by atoms with E-state index in [9.17, 15) is 36.3 Å². The number of carboxylic acid groups (broad SMARTS) is 1. The Labute approximate surface area is 268 Å². The van der Waals surface area contributed by atoms with Gasteiger partial charge in [-0.15, -0.1) is 13.2 Å². The summed E-state index contributed by atoms with van der Waals surface area (Å²) in [6, 6.07) is 11.3. The molecule has 0 radical (unpaired) electrons. The zero-order chi connectivity index (χ0) is 33.0. The number of sulfonamides is 1. The summed E-state index contributed by atoms with van der Waals surface area (Å²) >= 11 is 1.48. The van der Waals surface area contributed by atoms with Crippen LogP contribution >= 0.6 is 11.8 Å². The predicted molar refractivity (Wildman–Crippen MR) is 171 cm³/mol. The molecule has 0 spiro atoms. The van der Waals surface area contributed by atoms with E-state index in [2.05, 4.69) is 10.1 Å². The van der Waals surface area contributed by atoms with Gasteiger partial charge in [0.15, 0.2) is 0 Å². The van der Waals surface area contributed by atoms with E-state index in [1.807, 2.05) is 37.4 Å². The van der Waals surface area contributed by atoms with Gasteiger partial charge >= 0.3 is 12.3 Å². The van der Waals surface area contributed by atoms with Crippen molar-refractivity contribution in [3.05, 3.63) is 59.2 Å². The molecule has 0 heterocycles. The normalized spacial score (nSPS) is 15.2. The lowest BCUT2D eigenvalue weighted by atomic mass is 9.87. The minimum Gasteiger partial charge on any atom is -0.480 e. The monoisotopic (exact) mass is 672 g/mol. The Morgan fingerprint density at radius 3 is 2.47 bits per heavy atom. The van der Waals surface area contributed by atoms with Crippen LogP contribution in [-0.4, -0.2) is 73.0 Å². The molecule has 2 aromatic rings. The molecule has 1 atom stereocenters. The van der Waals surface area contributed by atoms with Gasteiger partial charge in [0.1, 0.15) is 6.04 Å². The fourth-order valence-electron chi connectivity index (χ4n) is 5.60. The number of hydrogen-bond donors (Lipinski definition) is 2. The maximum atomic E-state index is 13.5. The summed E-state index contributed by atoms with van der Waals surface area (Å²) in [5, 5.41) is 12.3. The summed E-state index contributed by atoms with van der Waals surface area (Å²) in [7, 11) is -3.95. The minimum absolute atomic E-state index is 0.0264. The van der Waals surface area contributed by atoms with Crippen LogP contribution in [0, 0.1) is 12.8 Å². The Morgan fingerprint density at radius 2 is 1.82 bits per heavy atom. The van der Waals surface area contributed by atoms with Crippen LogP contribution in [0.3, 0.4) is 0 Å². The second-order valence-corrected chi connectivity index (χ2v) is 14.5. The summed E-state index contributed by atoms with van der Waals surface area (Å²) in [5.41, 5.74) is 2.99. The molecule has 1 aliphatic rings. The number of rotatable bonds is 17. The van der Waals surface area contributed by atoms with Crippen molar-refractivity contribution in [2.24, 2.45) is 5.92 Å². The summed E-state index contributed by atoms with van der Waals surface area (Å²) in [6.45, 7) is 1.33. The van der Waals surface area contributed by atoms with Crippen molar-refractivity contribution in [1.29, 1.82) is 0 Å². The highest BCUT2D eigenvalue weighted by Crippen LogP contribution is 2.31. The molecule has 1 fully saturated rings. The molecule has 250 valence electrons. The summed E-state index contributed by atoms with van der Waals surface area (Å²) < 4.78 is 69.4. The van der Waals surface area contributed by atoms with Crippen molar-refractivity contribution in [2.75, 3.05) is 30.9 Å². The first-order valence-electron chi connectivity index (χ1n) is 15.2. The van der Waals surface area contributed by atoms with Crippen molar-refractivity contribution in [3.63, 3.8) is 0 Å². The molecule has 13 heteroatoms. The van der Waals surface area contributed by atoms with Crippen LogP contribution in [0.15, 0.2) is 42.5 Å². The van der Waals surface area contributed by atoms with Gasteiger partial charge in [-0.1, -0.05) is 62.4 Å². The second-order valence-electron chi connectivity index (χ2n) is 11.4. The molecule has 2 aromatic carbocycles. The van der Waals surface area contributed by atoms with Gasteiger partial charge in [-0.3, -0.25) is 9.53 Å². The van der Waals surface area contributed by atoms with E-state index in [1.54, 1.807) is 18.2 Å². The van der Waals surface area contributed by atoms with Gasteiger partial charge < -0.3 is 10.4 Å². The fraction of sp³-hybridized carbons (Fsp3) is 0.562. The number of benzene rings is 2. The number of ether oxygens (including phenoxy) is 1. The van der Waals surface area contributed by atoms with Crippen molar-refractivity contribution in [1.82, 2.24) is 9.62 Å². The Balaban J connectivity index is 1.92. The lowest BCUT2D eigenvalue weighted by Gasteiger charge is -2.27. The number of carbonyl (C=O) groups excluding carboxylic acids is 1. The number of carbonyl (C=O) groups is 2. The van der Waals surface area contributed by atoms with Crippen molar-refractivity contribution >= 4 is 33.7 Å². The number of alkyl halides is 3. The molecule has 0 unspecified atom stereocenters. The maximum Gasteiger partial charge on any atom is 0.522 e. The molecule has 0 aliphatic heterocycles. The molecule has 8 nitrogen and oxygen atoms in total. The van der Waals surface area contributed by atoms with Gasteiger partial charge in [0.05, 0.1) is 12.4 Å². The lowest BCUT2D eigenvalue weighted by Crippen LogP contribution is -2.41. The summed E-state index contributed by atoms with van der Waals surface area (Å²) in [5.74, 6) is -1.25. The van der Waals surface area contributed by atoms with Crippen molar-refractivity contribution < 1.29 is 41.0 Å². The van der Waals surface area contributed by atoms with Gasteiger partial charge in [0.2, 0.25) is 10.0 Å². The standard InChI is InChI=1S/C32H43F3N2O6S2/c1-23-9-6-7-12-26(23)28-21-25(13-14-27(28)30(38)36-29(31(39)40)16-19-44-2)22-37(17-15-24-10-4-3-5-11-24)45(41,42)20-8-18-43-32(33,34)35/h6-7,9,12-14,21,24,29H,3-5,8,10-11,15-20,22H2,1-2H3,(H,36,38)(H,39,40)/t29-/m0/s1. The third-order valence-electron chi connectivity index (χ3n) is 8.05. The second kappa shape index (κ2) is 17.3. The number of carboxylic acids is 1. The molecule has 1 amide bonds. The molecular formula is C32H43F3N2O6S2. The number of amides is 1. The largest absolute Gasteiger partial charge is 0.522 e. The van der Waals surface area contributed by atoms with Crippen LogP contribution in [-0.2, 0) is 26.1 Å². The van der Waals surface area contributed by atoms with Crippen LogP contribution < -0.4 is 5.32 Å². The molecule has 0 aromatic heterocycles. The quantitative estimate of drug-likeness (QED) is 0.182. The zero-order valence-electron chi connectivity index (χ0n) is 25.8. The van der Waals surface area contributed by atoms with E-state index >= 15 is 0 Å². The fourth-order valence-corrected chi connectivity index (χ4v) is 7.54. The lowest BCUT2D eigenvalue weighted by molar-refractivity contribution is -0.324. The Kier molecular flexibility index (Phi) is 14.2. The third-order valence-corrected chi connectivity index (χ3v) is 10.6. The zero-order valence-corrected chi connectivity index (χ0v) is 27.4. The van der Waals surface area contributed by atoms with Gasteiger partial charge in [-0.2, -0.15) is 16.1 Å². The highest BCUT2D eigenvalue weighted by atomic mass is 32.2. The van der Waals surface area contributed by atoms with E-state index in [0.717, 1.165) is 43.2 Å². The number of hydrogen-bond acceptors (Lipinski definition) is 6. The highest BCUT2D eigenvalue weighted by molar-refractivity contribution is 7.98. The number of halogens is 3. The van der Waals surface area contributed by atoms with Crippen LogP contribution in [0.1, 0.15) is 72.9 Å². The van der Waals surface area contributed by atoms with E-state index in [1.165, 1.54) is 16.1 Å². The number of aryl methyl sites for hydroxylation is 1. The summed E-state index contributed by atoms with van der Waals surface area (Å²) in [6.07, 6.45) is 2.99. The van der Waals surface area contributed by atoms with Crippen molar-refractivity contribution in [2.45, 2.75) is 77.2 Å². The van der Waals surface area contributed by atoms with Crippen LogP contribution in [0.4, 0.5) is 13.2 Å². The smallest absolute Gasteiger partial charge is 0.480 e. The maximum absolute atomic E-state index is 13.5. The number of nitrogens with one attached hydrogen (secondary N) is 1. The van der Waals surface area contributed by atoms with E-state index in [4.69, 9.17) is 0 Å². The Hall–Kier alpha value is -2.61. The molecule has 0 saturated heterocycles. The van der Waals surface area contributed by atoms with E-state index < -0.39 is 46.7 Å². The molecule has 0 bridgehead atoms. The molecule has 1 aliphatic carbocycles. The number of thioether (sulfide) groups is 1. The van der Waals surface area contributed by atoms with Crippen molar-refractivity contribution in [3.8, 4) is 11.1 Å². The predicted octanol–water partition coefficient (Wildman–Crippen LogP) is 6.63. The van der Waals surface area contributed by atoms with Gasteiger partial charge in [0, 0.05) is 18.7 Å². The van der Waals surface area contributed by atoms with Crippen LogP contribution in [0.5, 0.6) is 0 Å². The number of nitrogens with zero attached hydrogens (tertiary/aromatic N) is 1. The molecule has 45 heavy (non-hydrogen) atoms. The first kappa shape index (κ1) is 36.9. The van der Waals surface area contributed by atoms with Crippen LogP contribution in [0.2, 0.25) is 0 Å². The summed E-state index contributed by atoms with van der Waals surface area (Å²) in [4.78, 5) is 25.3. The minimum atomic E-state index is -4.83. The first-order chi connectivity index (χ1) is 21.3. The topological polar surface area (TPSA) is 113 Å². The van der Waals surface area contributed by atoms with E-state index in [0.29, 0.717) is 29.2 Å². The average molecular weight is 673 g/mol. The molecule has 3 rings (SSSR count). The molecular weight excluding hydrogens is 629 g/mol. The third kappa shape index (κ3) is 11.9. The average Bonchev–Trinajstić information content (AvgIpc) is 2.99. The Morgan fingerprint density at radius 1 is 1.11 bits per heavy atom. The Bertz CT molecular complexity index is 1380. The first-order valence-corrected chi connectivity index (χ1v) is 18.2. The SMILES string of the molecule is CSCC[C@H](NC(=O)c1ccc(CN(CCC2CCCCC2)S(=O)(=O)CCCOC(F)(F)F)cc1-c1ccccc1C)C(=O)O. The molecule has 1 saturated carbocycles. The van der Waals surface area contributed by atoms with Gasteiger partial charge in [-0.05, 0) is 78.5 Å². The van der Waals surface area contributed by atoms with Crippen LogP contribution in [0.25, 0.3) is 11.1 Å². The van der Waals surface area contributed by atoms with Gasteiger partial charge in [0.25, 0.3) is 5.91 Å². The highest BCUT2D eigenvalue weighted by Gasteiger charge is 2.30. The number of aliphatic carboxylic acids is 1.